The molecule has 0 aliphatic carbocycles. The van der Waals surface area contributed by atoms with E-state index in [-0.39, 0.29) is 19.7 Å². The Morgan fingerprint density at radius 2 is 1.66 bits per heavy atom. The zero-order chi connectivity index (χ0) is 21.0. The Hall–Kier alpha value is -3.07. The summed E-state index contributed by atoms with van der Waals surface area (Å²) in [6.07, 6.45) is -5.12. The first-order valence-corrected chi connectivity index (χ1v) is 8.93. The number of hydrogen-bond acceptors (Lipinski definition) is 4. The predicted molar refractivity (Wildman–Crippen MR) is 98.3 cm³/mol. The highest BCUT2D eigenvalue weighted by Gasteiger charge is 2.38. The van der Waals surface area contributed by atoms with Crippen molar-refractivity contribution in [2.24, 2.45) is 5.73 Å². The van der Waals surface area contributed by atoms with E-state index < -0.39 is 29.8 Å². The van der Waals surface area contributed by atoms with E-state index in [9.17, 15) is 22.8 Å². The number of nitrogens with zero attached hydrogens (tertiary/aromatic N) is 1. The molecule has 2 aromatic carbocycles. The minimum atomic E-state index is -4.43. The molecule has 0 saturated carbocycles. The van der Waals surface area contributed by atoms with Crippen LogP contribution < -0.4 is 11.1 Å². The number of carbonyl (C=O) groups is 2. The maximum absolute atomic E-state index is 12.7. The molecule has 1 heterocycles. The summed E-state index contributed by atoms with van der Waals surface area (Å²) in [6.45, 7) is 0.549. The van der Waals surface area contributed by atoms with E-state index in [1.54, 1.807) is 0 Å². The van der Waals surface area contributed by atoms with Gasteiger partial charge in [0.2, 0.25) is 5.91 Å². The molecule has 1 aliphatic heterocycles. The van der Waals surface area contributed by atoms with Crippen LogP contribution in [-0.4, -0.2) is 29.5 Å². The van der Waals surface area contributed by atoms with Crippen LogP contribution in [0.15, 0.2) is 48.5 Å². The van der Waals surface area contributed by atoms with E-state index in [1.165, 1.54) is 17.0 Å². The van der Waals surface area contributed by atoms with Crippen LogP contribution >= 0.6 is 0 Å². The van der Waals surface area contributed by atoms with Gasteiger partial charge < -0.3 is 15.8 Å². The van der Waals surface area contributed by atoms with Gasteiger partial charge in [-0.3, -0.25) is 9.69 Å². The summed E-state index contributed by atoms with van der Waals surface area (Å²) in [6, 6.07) is 11.0. The molecule has 0 spiro atoms. The second-order valence-electron chi connectivity index (χ2n) is 6.65. The molecule has 0 aromatic heterocycles. The summed E-state index contributed by atoms with van der Waals surface area (Å²) in [7, 11) is 0. The number of amides is 2. The van der Waals surface area contributed by atoms with Crippen LogP contribution in [0.5, 0.6) is 0 Å². The molecule has 1 fully saturated rings. The van der Waals surface area contributed by atoms with E-state index in [1.807, 2.05) is 24.3 Å². The Morgan fingerprint density at radius 3 is 2.24 bits per heavy atom. The maximum atomic E-state index is 12.7. The normalized spacial score (nSPS) is 16.6. The summed E-state index contributed by atoms with van der Waals surface area (Å²) >= 11 is 0. The number of carbonyl (C=O) groups excluding carboxylic acids is 2. The zero-order valence-electron chi connectivity index (χ0n) is 15.4. The third kappa shape index (κ3) is 5.05. The molecule has 2 amide bonds. The molecule has 3 N–H and O–H groups in total. The SMILES string of the molecule is NCc1ccc(CNC(=O)[C@@H]2COC(=O)N2Cc2ccc(C(F)(F)F)cc2)cc1. The molecule has 6 nitrogen and oxygen atoms in total. The molecule has 1 saturated heterocycles. The van der Waals surface area contributed by atoms with Crippen LogP contribution in [0.1, 0.15) is 22.3 Å². The lowest BCUT2D eigenvalue weighted by atomic mass is 10.1. The first kappa shape index (κ1) is 20.7. The third-order valence-electron chi connectivity index (χ3n) is 4.64. The lowest BCUT2D eigenvalue weighted by molar-refractivity contribution is -0.137. The summed E-state index contributed by atoms with van der Waals surface area (Å²) in [5.74, 6) is -0.398. The van der Waals surface area contributed by atoms with E-state index in [2.05, 4.69) is 5.32 Å². The average Bonchev–Trinajstić information content (AvgIpc) is 3.06. The molecule has 154 valence electrons. The molecule has 3 rings (SSSR count). The molecular weight excluding hydrogens is 387 g/mol. The lowest BCUT2D eigenvalue weighted by Gasteiger charge is -2.21. The average molecular weight is 407 g/mol. The molecule has 0 bridgehead atoms. The fourth-order valence-corrected chi connectivity index (χ4v) is 2.94. The lowest BCUT2D eigenvalue weighted by Crippen LogP contribution is -2.45. The van der Waals surface area contributed by atoms with Crippen molar-refractivity contribution in [3.63, 3.8) is 0 Å². The molecule has 1 aliphatic rings. The van der Waals surface area contributed by atoms with E-state index in [0.717, 1.165) is 23.3 Å². The van der Waals surface area contributed by atoms with Crippen molar-refractivity contribution in [1.29, 1.82) is 0 Å². The van der Waals surface area contributed by atoms with Crippen molar-refractivity contribution >= 4 is 12.0 Å². The first-order chi connectivity index (χ1) is 13.8. The van der Waals surface area contributed by atoms with Crippen LogP contribution in [0.2, 0.25) is 0 Å². The summed E-state index contributed by atoms with van der Waals surface area (Å²) < 4.78 is 43.0. The highest BCUT2D eigenvalue weighted by atomic mass is 19.4. The molecular formula is C20H20F3N3O3. The Bertz CT molecular complexity index is 867. The summed E-state index contributed by atoms with van der Waals surface area (Å²) in [5, 5.41) is 2.75. The topological polar surface area (TPSA) is 84.7 Å². The largest absolute Gasteiger partial charge is 0.447 e. The van der Waals surface area contributed by atoms with Crippen LogP contribution in [0.3, 0.4) is 0 Å². The molecule has 9 heteroatoms. The number of alkyl halides is 3. The van der Waals surface area contributed by atoms with Crippen molar-refractivity contribution in [3.8, 4) is 0 Å². The number of nitrogens with one attached hydrogen (secondary N) is 1. The monoisotopic (exact) mass is 407 g/mol. The minimum Gasteiger partial charge on any atom is -0.447 e. The van der Waals surface area contributed by atoms with Gasteiger partial charge in [0.25, 0.3) is 0 Å². The number of nitrogens with two attached hydrogens (primary N) is 1. The standard InChI is InChI=1S/C20H20F3N3O3/c21-20(22,23)16-7-5-15(6-8-16)11-26-17(12-29-19(26)28)18(27)25-10-14-3-1-13(9-24)2-4-14/h1-8,17H,9-12,24H2,(H,25,27)/t17-/m0/s1. The number of halogens is 3. The zero-order valence-corrected chi connectivity index (χ0v) is 15.4. The quantitative estimate of drug-likeness (QED) is 0.771. The molecule has 0 radical (unpaired) electrons. The Balaban J connectivity index is 1.62. The maximum Gasteiger partial charge on any atom is 0.416 e. The first-order valence-electron chi connectivity index (χ1n) is 8.93. The van der Waals surface area contributed by atoms with Gasteiger partial charge in [0.1, 0.15) is 12.6 Å². The minimum absolute atomic E-state index is 0.0275. The van der Waals surface area contributed by atoms with Crippen molar-refractivity contribution in [3.05, 3.63) is 70.8 Å². The van der Waals surface area contributed by atoms with Gasteiger partial charge in [-0.2, -0.15) is 13.2 Å². The summed E-state index contributed by atoms with van der Waals surface area (Å²) in [4.78, 5) is 25.7. The van der Waals surface area contributed by atoms with E-state index >= 15 is 0 Å². The van der Waals surface area contributed by atoms with Gasteiger partial charge in [0.15, 0.2) is 0 Å². The van der Waals surface area contributed by atoms with Crippen molar-refractivity contribution in [2.45, 2.75) is 31.9 Å². The molecule has 2 aromatic rings. The Morgan fingerprint density at radius 1 is 1.07 bits per heavy atom. The van der Waals surface area contributed by atoms with Crippen LogP contribution in [0, 0.1) is 0 Å². The van der Waals surface area contributed by atoms with Gasteiger partial charge in [-0.05, 0) is 28.8 Å². The van der Waals surface area contributed by atoms with Gasteiger partial charge in [0.05, 0.1) is 12.1 Å². The van der Waals surface area contributed by atoms with Gasteiger partial charge in [-0.25, -0.2) is 4.79 Å². The van der Waals surface area contributed by atoms with E-state index in [0.29, 0.717) is 12.1 Å². The fraction of sp³-hybridized carbons (Fsp3) is 0.300. The second-order valence-corrected chi connectivity index (χ2v) is 6.65. The third-order valence-corrected chi connectivity index (χ3v) is 4.64. The van der Waals surface area contributed by atoms with Crippen molar-refractivity contribution < 1.29 is 27.5 Å². The Kier molecular flexibility index (Phi) is 6.07. The number of hydrogen-bond donors (Lipinski definition) is 2. The predicted octanol–water partition coefficient (Wildman–Crippen LogP) is 2.80. The number of ether oxygens (including phenoxy) is 1. The second kappa shape index (κ2) is 8.52. The van der Waals surface area contributed by atoms with Crippen LogP contribution in [-0.2, 0) is 35.3 Å². The summed E-state index contributed by atoms with van der Waals surface area (Å²) in [5.41, 5.74) is 7.08. The van der Waals surface area contributed by atoms with Crippen LogP contribution in [0.4, 0.5) is 18.0 Å². The molecule has 0 unspecified atom stereocenters. The fourth-order valence-electron chi connectivity index (χ4n) is 2.94. The van der Waals surface area contributed by atoms with E-state index in [4.69, 9.17) is 10.5 Å². The number of cyclic esters (lactones) is 1. The van der Waals surface area contributed by atoms with Crippen molar-refractivity contribution in [2.75, 3.05) is 6.61 Å². The van der Waals surface area contributed by atoms with Crippen molar-refractivity contribution in [1.82, 2.24) is 10.2 Å². The number of rotatable bonds is 6. The van der Waals surface area contributed by atoms with Gasteiger partial charge in [-0.15, -0.1) is 0 Å². The Labute approximate surface area is 165 Å². The molecule has 1 atom stereocenters. The van der Waals surface area contributed by atoms with Gasteiger partial charge in [-0.1, -0.05) is 36.4 Å². The van der Waals surface area contributed by atoms with Gasteiger partial charge in [0, 0.05) is 13.1 Å². The highest BCUT2D eigenvalue weighted by molar-refractivity contribution is 5.87. The smallest absolute Gasteiger partial charge is 0.416 e. The highest BCUT2D eigenvalue weighted by Crippen LogP contribution is 2.29. The molecule has 29 heavy (non-hydrogen) atoms. The van der Waals surface area contributed by atoms with Crippen LogP contribution in [0.25, 0.3) is 0 Å². The van der Waals surface area contributed by atoms with Gasteiger partial charge >= 0.3 is 12.3 Å². The number of benzene rings is 2.